The molecule has 1 fully saturated rings. The molecule has 0 bridgehead atoms. The van der Waals surface area contributed by atoms with Crippen LogP contribution in [0.25, 0.3) is 0 Å². The number of hydrogen-bond acceptors (Lipinski definition) is 3. The minimum absolute atomic E-state index is 0.0955. The number of hydrogen-bond donors (Lipinski definition) is 2. The van der Waals surface area contributed by atoms with Crippen LogP contribution in [0.1, 0.15) is 24.8 Å². The molecule has 2 rings (SSSR count). The molecule has 0 aliphatic heterocycles. The molecule has 0 saturated heterocycles. The second-order valence-corrected chi connectivity index (χ2v) is 6.47. The third-order valence-corrected chi connectivity index (χ3v) is 4.56. The molecule has 1 saturated carbocycles. The molecular formula is C16H19Cl2NO4. The van der Waals surface area contributed by atoms with Crippen molar-refractivity contribution in [2.75, 3.05) is 13.2 Å². The number of benzene rings is 1. The van der Waals surface area contributed by atoms with Crippen LogP contribution in [0.4, 0.5) is 0 Å². The molecule has 0 aromatic heterocycles. The van der Waals surface area contributed by atoms with Gasteiger partial charge in [0, 0.05) is 22.5 Å². The van der Waals surface area contributed by atoms with E-state index in [0.29, 0.717) is 49.1 Å². The van der Waals surface area contributed by atoms with E-state index in [4.69, 9.17) is 33.0 Å². The summed E-state index contributed by atoms with van der Waals surface area (Å²) in [5.41, 5.74) is 0.836. The summed E-state index contributed by atoms with van der Waals surface area (Å²) in [6.45, 7) is 1.09. The molecule has 1 aliphatic rings. The van der Waals surface area contributed by atoms with Crippen molar-refractivity contribution in [2.45, 2.75) is 25.9 Å². The van der Waals surface area contributed by atoms with Gasteiger partial charge in [-0.1, -0.05) is 29.3 Å². The molecule has 1 amide bonds. The Hall–Kier alpha value is -1.30. The molecule has 1 aromatic rings. The van der Waals surface area contributed by atoms with Crippen molar-refractivity contribution in [2.24, 2.45) is 11.8 Å². The molecule has 2 N–H and O–H groups in total. The van der Waals surface area contributed by atoms with Crippen LogP contribution in [0.2, 0.25) is 10.0 Å². The predicted octanol–water partition coefficient (Wildman–Crippen LogP) is 3.13. The SMILES string of the molecule is O=C(O)[C@@H]1CC[C@H](C(=O)NCCOCc2ccc(Cl)cc2Cl)C1. The Morgan fingerprint density at radius 3 is 2.65 bits per heavy atom. The molecule has 126 valence electrons. The predicted molar refractivity (Wildman–Crippen MR) is 87.6 cm³/mol. The second kappa shape index (κ2) is 8.52. The van der Waals surface area contributed by atoms with Gasteiger partial charge < -0.3 is 15.2 Å². The van der Waals surface area contributed by atoms with Crippen molar-refractivity contribution in [3.8, 4) is 0 Å². The number of nitrogens with one attached hydrogen (secondary N) is 1. The number of carbonyl (C=O) groups is 2. The normalized spacial score (nSPS) is 20.4. The summed E-state index contributed by atoms with van der Waals surface area (Å²) in [4.78, 5) is 22.8. The highest BCUT2D eigenvalue weighted by Gasteiger charge is 2.33. The van der Waals surface area contributed by atoms with Gasteiger partial charge in [0.25, 0.3) is 0 Å². The fraction of sp³-hybridized carbons (Fsp3) is 0.500. The van der Waals surface area contributed by atoms with Gasteiger partial charge in [0.1, 0.15) is 0 Å². The van der Waals surface area contributed by atoms with Crippen LogP contribution in [-0.4, -0.2) is 30.1 Å². The zero-order valence-corrected chi connectivity index (χ0v) is 14.1. The monoisotopic (exact) mass is 359 g/mol. The van der Waals surface area contributed by atoms with Crippen LogP contribution in [0.3, 0.4) is 0 Å². The van der Waals surface area contributed by atoms with Crippen molar-refractivity contribution in [1.29, 1.82) is 0 Å². The van der Waals surface area contributed by atoms with Gasteiger partial charge in [-0.25, -0.2) is 0 Å². The first kappa shape index (κ1) is 18.0. The highest BCUT2D eigenvalue weighted by atomic mass is 35.5. The molecule has 0 heterocycles. The number of halogens is 2. The van der Waals surface area contributed by atoms with Gasteiger partial charge in [-0.15, -0.1) is 0 Å². The van der Waals surface area contributed by atoms with Crippen molar-refractivity contribution in [3.63, 3.8) is 0 Å². The van der Waals surface area contributed by atoms with Crippen LogP contribution in [0.5, 0.6) is 0 Å². The molecule has 0 radical (unpaired) electrons. The first-order valence-corrected chi connectivity index (χ1v) is 8.25. The van der Waals surface area contributed by atoms with Crippen LogP contribution < -0.4 is 5.32 Å². The van der Waals surface area contributed by atoms with Crippen LogP contribution in [0, 0.1) is 11.8 Å². The minimum atomic E-state index is -0.816. The van der Waals surface area contributed by atoms with E-state index in [1.165, 1.54) is 0 Å². The number of carboxylic acid groups (broad SMARTS) is 1. The molecule has 2 atom stereocenters. The first-order chi connectivity index (χ1) is 11.0. The zero-order valence-electron chi connectivity index (χ0n) is 12.6. The Balaban J connectivity index is 1.64. The summed E-state index contributed by atoms with van der Waals surface area (Å²) in [7, 11) is 0. The van der Waals surface area contributed by atoms with E-state index < -0.39 is 11.9 Å². The second-order valence-electron chi connectivity index (χ2n) is 5.62. The molecule has 5 nitrogen and oxygen atoms in total. The number of amides is 1. The average molecular weight is 360 g/mol. The lowest BCUT2D eigenvalue weighted by atomic mass is 10.0. The van der Waals surface area contributed by atoms with E-state index in [0.717, 1.165) is 5.56 Å². The van der Waals surface area contributed by atoms with Gasteiger partial charge in [0.2, 0.25) is 5.91 Å². The summed E-state index contributed by atoms with van der Waals surface area (Å²) in [5.74, 6) is -1.51. The lowest BCUT2D eigenvalue weighted by molar-refractivity contribution is -0.141. The van der Waals surface area contributed by atoms with Crippen LogP contribution >= 0.6 is 23.2 Å². The van der Waals surface area contributed by atoms with Gasteiger partial charge in [-0.3, -0.25) is 9.59 Å². The largest absolute Gasteiger partial charge is 0.481 e. The summed E-state index contributed by atoms with van der Waals surface area (Å²) in [6, 6.07) is 5.20. The van der Waals surface area contributed by atoms with Crippen LogP contribution in [0.15, 0.2) is 18.2 Å². The topological polar surface area (TPSA) is 75.6 Å². The summed E-state index contributed by atoms with van der Waals surface area (Å²) < 4.78 is 5.48. The Morgan fingerprint density at radius 1 is 1.26 bits per heavy atom. The molecule has 0 unspecified atom stereocenters. The number of aliphatic carboxylic acids is 1. The van der Waals surface area contributed by atoms with Gasteiger partial charge in [0.05, 0.1) is 19.1 Å². The fourth-order valence-corrected chi connectivity index (χ4v) is 3.12. The van der Waals surface area contributed by atoms with Crippen molar-refractivity contribution < 1.29 is 19.4 Å². The van der Waals surface area contributed by atoms with Crippen molar-refractivity contribution in [1.82, 2.24) is 5.32 Å². The third-order valence-electron chi connectivity index (χ3n) is 3.97. The Kier molecular flexibility index (Phi) is 6.69. The maximum absolute atomic E-state index is 11.9. The standard InChI is InChI=1S/C16H19Cl2NO4/c17-13-4-3-12(14(18)8-13)9-23-6-5-19-15(20)10-1-2-11(7-10)16(21)22/h3-4,8,10-11H,1-2,5-7,9H2,(H,19,20)(H,21,22)/t10-,11+/m0/s1. The Morgan fingerprint density at radius 2 is 2.00 bits per heavy atom. The number of ether oxygens (including phenoxy) is 1. The van der Waals surface area contributed by atoms with E-state index in [1.54, 1.807) is 18.2 Å². The molecule has 23 heavy (non-hydrogen) atoms. The highest BCUT2D eigenvalue weighted by molar-refractivity contribution is 6.35. The van der Waals surface area contributed by atoms with Crippen molar-refractivity contribution in [3.05, 3.63) is 33.8 Å². The van der Waals surface area contributed by atoms with Crippen LogP contribution in [-0.2, 0) is 20.9 Å². The summed E-state index contributed by atoms with van der Waals surface area (Å²) in [6.07, 6.45) is 1.62. The minimum Gasteiger partial charge on any atom is -0.481 e. The van der Waals surface area contributed by atoms with E-state index >= 15 is 0 Å². The van der Waals surface area contributed by atoms with Gasteiger partial charge >= 0.3 is 5.97 Å². The molecule has 1 aliphatic carbocycles. The highest BCUT2D eigenvalue weighted by Crippen LogP contribution is 2.31. The molecule has 7 heteroatoms. The maximum Gasteiger partial charge on any atom is 0.306 e. The summed E-state index contributed by atoms with van der Waals surface area (Å²) in [5, 5.41) is 12.8. The first-order valence-electron chi connectivity index (χ1n) is 7.49. The van der Waals surface area contributed by atoms with Gasteiger partial charge in [-0.05, 0) is 37.0 Å². The van der Waals surface area contributed by atoms with E-state index in [1.807, 2.05) is 0 Å². The van der Waals surface area contributed by atoms with Gasteiger partial charge in [0.15, 0.2) is 0 Å². The number of rotatable bonds is 7. The quantitative estimate of drug-likeness (QED) is 0.733. The number of carboxylic acids is 1. The maximum atomic E-state index is 11.9. The zero-order chi connectivity index (χ0) is 16.8. The van der Waals surface area contributed by atoms with E-state index in [9.17, 15) is 9.59 Å². The Labute approximate surface area is 144 Å². The van der Waals surface area contributed by atoms with Gasteiger partial charge in [-0.2, -0.15) is 0 Å². The third kappa shape index (κ3) is 5.37. The smallest absolute Gasteiger partial charge is 0.306 e. The van der Waals surface area contributed by atoms with E-state index in [-0.39, 0.29) is 11.8 Å². The Bertz CT molecular complexity index is 579. The molecule has 1 aromatic carbocycles. The number of carbonyl (C=O) groups excluding carboxylic acids is 1. The summed E-state index contributed by atoms with van der Waals surface area (Å²) >= 11 is 11.9. The molecular weight excluding hydrogens is 341 g/mol. The molecule has 0 spiro atoms. The lowest BCUT2D eigenvalue weighted by Crippen LogP contribution is -2.32. The lowest BCUT2D eigenvalue weighted by Gasteiger charge is -2.11. The average Bonchev–Trinajstić information content (AvgIpc) is 2.99. The van der Waals surface area contributed by atoms with E-state index in [2.05, 4.69) is 5.32 Å². The van der Waals surface area contributed by atoms with Crippen molar-refractivity contribution >= 4 is 35.1 Å². The fourth-order valence-electron chi connectivity index (χ4n) is 2.66.